The smallest absolute Gasteiger partial charge is 0.254 e. The van der Waals surface area contributed by atoms with Crippen LogP contribution in [0.1, 0.15) is 42.6 Å². The molecule has 2 rings (SSSR count). The van der Waals surface area contributed by atoms with Crippen LogP contribution in [0.3, 0.4) is 0 Å². The molecule has 0 unspecified atom stereocenters. The van der Waals surface area contributed by atoms with E-state index in [9.17, 15) is 4.79 Å². The van der Waals surface area contributed by atoms with Gasteiger partial charge in [0.05, 0.1) is 5.56 Å². The fourth-order valence-electron chi connectivity index (χ4n) is 2.53. The van der Waals surface area contributed by atoms with E-state index in [2.05, 4.69) is 34.0 Å². The monoisotopic (exact) mass is 360 g/mol. The first kappa shape index (κ1) is 19.2. The largest absolute Gasteiger partial charge is 0.352 e. The van der Waals surface area contributed by atoms with Gasteiger partial charge in [-0.1, -0.05) is 37.6 Å². The van der Waals surface area contributed by atoms with Gasteiger partial charge in [0.15, 0.2) is 0 Å². The standard InChI is InChI=1S/C19H25ClN4O/c1-3-11-24(12-4-2)19-22-13-16(14-23-19)18(25)21-10-9-15-5-7-17(20)8-6-15/h5-8,13-14H,3-4,9-12H2,1-2H3,(H,21,25). The molecule has 1 aromatic heterocycles. The SMILES string of the molecule is CCCN(CCC)c1ncc(C(=O)NCCc2ccc(Cl)cc2)cn1. The highest BCUT2D eigenvalue weighted by molar-refractivity contribution is 6.30. The Labute approximate surface area is 154 Å². The zero-order valence-electron chi connectivity index (χ0n) is 14.8. The van der Waals surface area contributed by atoms with Crippen molar-refractivity contribution in [2.45, 2.75) is 33.1 Å². The van der Waals surface area contributed by atoms with E-state index >= 15 is 0 Å². The van der Waals surface area contributed by atoms with E-state index in [4.69, 9.17) is 11.6 Å². The van der Waals surface area contributed by atoms with Crippen molar-refractivity contribution in [3.63, 3.8) is 0 Å². The van der Waals surface area contributed by atoms with Gasteiger partial charge >= 0.3 is 0 Å². The van der Waals surface area contributed by atoms with Gasteiger partial charge in [-0.3, -0.25) is 4.79 Å². The van der Waals surface area contributed by atoms with Crippen LogP contribution in [0.4, 0.5) is 5.95 Å². The van der Waals surface area contributed by atoms with Crippen LogP contribution in [0.5, 0.6) is 0 Å². The fraction of sp³-hybridized carbons (Fsp3) is 0.421. The Bertz CT molecular complexity index is 652. The van der Waals surface area contributed by atoms with E-state index in [0.717, 1.165) is 37.9 Å². The molecule has 0 aliphatic heterocycles. The average molecular weight is 361 g/mol. The molecule has 1 heterocycles. The molecule has 25 heavy (non-hydrogen) atoms. The first-order chi connectivity index (χ1) is 12.1. The topological polar surface area (TPSA) is 58.1 Å². The number of hydrogen-bond acceptors (Lipinski definition) is 4. The van der Waals surface area contributed by atoms with Crippen LogP contribution in [0.15, 0.2) is 36.7 Å². The second-order valence-corrected chi connectivity index (χ2v) is 6.33. The molecule has 0 spiro atoms. The first-order valence-corrected chi connectivity index (χ1v) is 9.11. The van der Waals surface area contributed by atoms with E-state index in [-0.39, 0.29) is 5.91 Å². The van der Waals surface area contributed by atoms with Gasteiger partial charge < -0.3 is 10.2 Å². The number of anilines is 1. The van der Waals surface area contributed by atoms with Crippen LogP contribution in [0.25, 0.3) is 0 Å². The highest BCUT2D eigenvalue weighted by Gasteiger charge is 2.10. The number of hydrogen-bond donors (Lipinski definition) is 1. The molecule has 1 N–H and O–H groups in total. The van der Waals surface area contributed by atoms with Gasteiger partial charge in [-0.15, -0.1) is 0 Å². The van der Waals surface area contributed by atoms with Crippen molar-refractivity contribution in [1.82, 2.24) is 15.3 Å². The lowest BCUT2D eigenvalue weighted by Gasteiger charge is -2.21. The lowest BCUT2D eigenvalue weighted by atomic mass is 10.1. The summed E-state index contributed by atoms with van der Waals surface area (Å²) in [5.74, 6) is 0.527. The van der Waals surface area contributed by atoms with Gasteiger partial charge in [0.2, 0.25) is 5.95 Å². The number of nitrogens with one attached hydrogen (secondary N) is 1. The van der Waals surface area contributed by atoms with E-state index in [1.807, 2.05) is 24.3 Å². The van der Waals surface area contributed by atoms with Crippen LogP contribution in [-0.4, -0.2) is 35.5 Å². The van der Waals surface area contributed by atoms with Gasteiger partial charge in [-0.25, -0.2) is 9.97 Å². The third-order valence-corrected chi connectivity index (χ3v) is 4.03. The summed E-state index contributed by atoms with van der Waals surface area (Å²) in [5.41, 5.74) is 1.61. The zero-order chi connectivity index (χ0) is 18.1. The Hall–Kier alpha value is -2.14. The van der Waals surface area contributed by atoms with Crippen LogP contribution in [0.2, 0.25) is 5.02 Å². The minimum absolute atomic E-state index is 0.155. The maximum absolute atomic E-state index is 12.2. The third kappa shape index (κ3) is 6.02. The quantitative estimate of drug-likeness (QED) is 0.740. The predicted octanol–water partition coefficient (Wildman–Crippen LogP) is 3.73. The maximum Gasteiger partial charge on any atom is 0.254 e. The Morgan fingerprint density at radius 2 is 1.68 bits per heavy atom. The second kappa shape index (κ2) is 9.99. The molecule has 0 atom stereocenters. The van der Waals surface area contributed by atoms with Crippen molar-refractivity contribution in [2.75, 3.05) is 24.5 Å². The summed E-state index contributed by atoms with van der Waals surface area (Å²) in [6, 6.07) is 7.62. The van der Waals surface area contributed by atoms with Crippen molar-refractivity contribution >= 4 is 23.5 Å². The molecule has 134 valence electrons. The zero-order valence-corrected chi connectivity index (χ0v) is 15.6. The molecule has 5 nitrogen and oxygen atoms in total. The van der Waals surface area contributed by atoms with Crippen LogP contribution in [-0.2, 0) is 6.42 Å². The summed E-state index contributed by atoms with van der Waals surface area (Å²) in [7, 11) is 0. The minimum Gasteiger partial charge on any atom is -0.352 e. The average Bonchev–Trinajstić information content (AvgIpc) is 2.63. The third-order valence-electron chi connectivity index (χ3n) is 3.78. The number of nitrogens with zero attached hydrogens (tertiary/aromatic N) is 3. The second-order valence-electron chi connectivity index (χ2n) is 5.89. The molecule has 6 heteroatoms. The fourth-order valence-corrected chi connectivity index (χ4v) is 2.65. The number of halogens is 1. The number of aromatic nitrogens is 2. The Morgan fingerprint density at radius 3 is 2.24 bits per heavy atom. The summed E-state index contributed by atoms with van der Waals surface area (Å²) >= 11 is 5.86. The lowest BCUT2D eigenvalue weighted by Crippen LogP contribution is -2.28. The summed E-state index contributed by atoms with van der Waals surface area (Å²) in [4.78, 5) is 23.0. The molecule has 0 bridgehead atoms. The normalized spacial score (nSPS) is 10.5. The molecular formula is C19H25ClN4O. The molecule has 2 aromatic rings. The number of carbonyl (C=O) groups excluding carboxylic acids is 1. The number of amides is 1. The molecule has 0 fully saturated rings. The molecule has 0 saturated heterocycles. The van der Waals surface area contributed by atoms with Gasteiger partial charge in [0, 0.05) is 37.1 Å². The van der Waals surface area contributed by atoms with Crippen molar-refractivity contribution in [3.8, 4) is 0 Å². The highest BCUT2D eigenvalue weighted by Crippen LogP contribution is 2.10. The maximum atomic E-state index is 12.2. The van der Waals surface area contributed by atoms with E-state index in [0.29, 0.717) is 23.1 Å². The first-order valence-electron chi connectivity index (χ1n) is 8.73. The summed E-state index contributed by atoms with van der Waals surface area (Å²) < 4.78 is 0. The molecule has 0 radical (unpaired) electrons. The molecular weight excluding hydrogens is 336 g/mol. The number of rotatable bonds is 9. The number of carbonyl (C=O) groups is 1. The molecule has 0 aliphatic rings. The minimum atomic E-state index is -0.155. The van der Waals surface area contributed by atoms with Crippen molar-refractivity contribution in [1.29, 1.82) is 0 Å². The highest BCUT2D eigenvalue weighted by atomic mass is 35.5. The van der Waals surface area contributed by atoms with Gasteiger partial charge in [0.1, 0.15) is 0 Å². The van der Waals surface area contributed by atoms with Crippen LogP contribution < -0.4 is 10.2 Å². The van der Waals surface area contributed by atoms with E-state index < -0.39 is 0 Å². The summed E-state index contributed by atoms with van der Waals surface area (Å²) in [6.45, 7) is 6.65. The van der Waals surface area contributed by atoms with E-state index in [1.165, 1.54) is 0 Å². The van der Waals surface area contributed by atoms with Gasteiger partial charge in [0.25, 0.3) is 5.91 Å². The molecule has 1 aromatic carbocycles. The Balaban J connectivity index is 1.87. The Kier molecular flexibility index (Phi) is 7.67. The van der Waals surface area contributed by atoms with Crippen LogP contribution in [0, 0.1) is 0 Å². The van der Waals surface area contributed by atoms with Crippen molar-refractivity contribution in [3.05, 3.63) is 52.8 Å². The summed E-state index contributed by atoms with van der Waals surface area (Å²) in [5, 5.41) is 3.61. The van der Waals surface area contributed by atoms with Gasteiger partial charge in [-0.2, -0.15) is 0 Å². The summed E-state index contributed by atoms with van der Waals surface area (Å²) in [6.07, 6.45) is 6.02. The van der Waals surface area contributed by atoms with Crippen molar-refractivity contribution < 1.29 is 4.79 Å². The molecule has 1 amide bonds. The number of benzene rings is 1. The predicted molar refractivity (Wildman–Crippen MR) is 102 cm³/mol. The van der Waals surface area contributed by atoms with Crippen LogP contribution >= 0.6 is 11.6 Å². The Morgan fingerprint density at radius 1 is 1.08 bits per heavy atom. The van der Waals surface area contributed by atoms with E-state index in [1.54, 1.807) is 12.4 Å². The molecule has 0 aliphatic carbocycles. The lowest BCUT2D eigenvalue weighted by molar-refractivity contribution is 0.0953. The van der Waals surface area contributed by atoms with Gasteiger partial charge in [-0.05, 0) is 37.0 Å². The molecule has 0 saturated carbocycles. The van der Waals surface area contributed by atoms with Crippen molar-refractivity contribution in [2.24, 2.45) is 0 Å².